The predicted octanol–water partition coefficient (Wildman–Crippen LogP) is -2.55. The van der Waals surface area contributed by atoms with Gasteiger partial charge in [0.05, 0.1) is 31.2 Å². The summed E-state index contributed by atoms with van der Waals surface area (Å²) in [6, 6.07) is 15.2. The van der Waals surface area contributed by atoms with E-state index in [1.807, 2.05) is 0 Å². The molecule has 35 nitrogen and oxygen atoms in total. The van der Waals surface area contributed by atoms with Crippen LogP contribution in [0, 0.1) is 5.92 Å². The molecule has 1 saturated heterocycles. The number of primary amides is 1. The van der Waals surface area contributed by atoms with Gasteiger partial charge < -0.3 is 108 Å². The van der Waals surface area contributed by atoms with Crippen molar-refractivity contribution >= 4 is 115 Å². The number of aromatic amines is 2. The van der Waals surface area contributed by atoms with Gasteiger partial charge in [-0.1, -0.05) is 126 Å². The lowest BCUT2D eigenvalue weighted by atomic mass is 9.98. The standard InChI is InChI=1S/C73H98N22O13S2/c1-40(2)59(94-61(99)48(74)29-43-23-25-46(96)26-24-43)69(107)93-56-38-109-110-73(3,4)60(70(108)89-51(22-14-28-82-72(78)79)65(103)90-52(62(100)84-36-57(75)97)30-41-15-7-5-8-16-41)95-68(106)54(32-44-34-83-49-20-12-11-19-47(44)49)92-64(102)50(21-13-27-81-71(76)77)88-66(104)53(31-42-17-9-6-10-18-42)91-67(105)55(33-45-35-80-39-86-45)87-58(98)37-85-63(56)101/h5-12,15-20,23-26,34-35,39-40,48,50-56,59-60,83,96H,13-14,21-22,27-33,36-38,74H2,1-4H3,(H2,75,97)(H,80,86)(H,84,100)(H,85,101)(H,87,98)(H,88,104)(H,89,108)(H,90,103)(H,91,105)(H,92,102)(H,93,107)(H,94,99)(H,95,106)(H4,76,77,81)(H4,78,79,82)/t48-,50-,51-,52-,53+,54-,55-,56+,59-,60+/m0/s1. The number of nitrogens with zero attached hydrogens (tertiary/aromatic N) is 3. The monoisotopic (exact) mass is 1550 g/mol. The molecule has 1 fully saturated rings. The summed E-state index contributed by atoms with van der Waals surface area (Å²) in [5.74, 6) is -12.4. The zero-order valence-corrected chi connectivity index (χ0v) is 63.0. The minimum atomic E-state index is -1.77. The van der Waals surface area contributed by atoms with E-state index in [2.05, 4.69) is 83.4 Å². The molecule has 1 aliphatic rings. The number of carbonyl (C=O) groups excluding carboxylic acids is 12. The number of phenolic OH excluding ortho intramolecular Hbond substituents is 1. The number of amides is 12. The normalized spacial score (nSPS) is 19.3. The number of guanidine groups is 2. The topological polar surface area (TPSA) is 583 Å². The summed E-state index contributed by atoms with van der Waals surface area (Å²) in [5, 5.41) is 40.2. The Bertz CT molecular complexity index is 4200. The van der Waals surface area contributed by atoms with Gasteiger partial charge in [0.25, 0.3) is 0 Å². The van der Waals surface area contributed by atoms with Crippen LogP contribution < -0.4 is 92.9 Å². The number of aromatic nitrogens is 3. The molecule has 0 aliphatic carbocycles. The fourth-order valence-corrected chi connectivity index (χ4v) is 14.5. The van der Waals surface area contributed by atoms with Crippen molar-refractivity contribution in [2.24, 2.45) is 50.3 Å². The Morgan fingerprint density at radius 1 is 0.618 bits per heavy atom. The number of carbonyl (C=O) groups is 12. The molecule has 7 rings (SSSR count). The highest BCUT2D eigenvalue weighted by Crippen LogP contribution is 2.39. The Morgan fingerprint density at radius 2 is 1.21 bits per heavy atom. The minimum Gasteiger partial charge on any atom is -0.508 e. The molecule has 0 bridgehead atoms. The molecule has 0 spiro atoms. The molecule has 110 heavy (non-hydrogen) atoms. The van der Waals surface area contributed by atoms with Gasteiger partial charge in [-0.05, 0) is 92.3 Å². The summed E-state index contributed by atoms with van der Waals surface area (Å²) in [7, 11) is 1.83. The number of aliphatic imine (C=N–C) groups is 2. The molecule has 4 aromatic carbocycles. The largest absolute Gasteiger partial charge is 0.508 e. The lowest BCUT2D eigenvalue weighted by molar-refractivity contribution is -0.136. The maximum Gasteiger partial charge on any atom is 0.244 e. The first-order chi connectivity index (χ1) is 52.4. The number of H-pyrrole nitrogens is 2. The number of imidazole rings is 1. The second-order valence-corrected chi connectivity index (χ2v) is 30.1. The SMILES string of the molecule is CC(C)[C@H](NC(=O)[C@@H](N)Cc1ccc(O)cc1)C(=O)N[C@@H]1CSSC(C)(C)[C@@H](C(=O)N[C@@H](CCCN=C(N)N)C(=O)N[C@@H](Cc2ccccc2)C(=O)NCC(N)=O)NC(=O)[C@H](Cc2c[nH]c3ccccc23)NC(=O)[C@H](CCCN=C(N)N)NC(=O)[C@@H](Cc2ccccc2)NC(=O)[C@H](Cc2c[nH]cn2)NC(=O)CNC1=O. The third-order valence-corrected chi connectivity index (χ3v) is 20.9. The van der Waals surface area contributed by atoms with E-state index in [0.717, 1.165) is 21.6 Å². The van der Waals surface area contributed by atoms with Gasteiger partial charge in [0.2, 0.25) is 70.9 Å². The van der Waals surface area contributed by atoms with Gasteiger partial charge in [0.15, 0.2) is 11.9 Å². The fourth-order valence-electron chi connectivity index (χ4n) is 11.7. The van der Waals surface area contributed by atoms with E-state index in [9.17, 15) is 43.5 Å². The van der Waals surface area contributed by atoms with Crippen LogP contribution in [0.15, 0.2) is 138 Å². The summed E-state index contributed by atoms with van der Waals surface area (Å²) in [6.45, 7) is 4.86. The minimum absolute atomic E-state index is 0.00607. The number of hydrogen-bond acceptors (Lipinski definition) is 19. The van der Waals surface area contributed by atoms with Crippen LogP contribution in [0.4, 0.5) is 0 Å². The first-order valence-corrected chi connectivity index (χ1v) is 37.9. The molecule has 0 saturated carbocycles. The predicted molar refractivity (Wildman–Crippen MR) is 416 cm³/mol. The van der Waals surface area contributed by atoms with Crippen molar-refractivity contribution in [2.45, 2.75) is 151 Å². The third-order valence-electron chi connectivity index (χ3n) is 17.6. The Hall–Kier alpha value is -11.7. The van der Waals surface area contributed by atoms with Gasteiger partial charge >= 0.3 is 0 Å². The molecule has 590 valence electrons. The van der Waals surface area contributed by atoms with Crippen LogP contribution in [-0.2, 0) is 89.6 Å². The number of para-hydroxylation sites is 1. The smallest absolute Gasteiger partial charge is 0.244 e. The average molecular weight is 1560 g/mol. The van der Waals surface area contributed by atoms with E-state index in [1.54, 1.807) is 131 Å². The number of nitrogens with two attached hydrogens (primary N) is 6. The number of aromatic hydroxyl groups is 1. The Balaban J connectivity index is 1.34. The van der Waals surface area contributed by atoms with Crippen LogP contribution in [0.2, 0.25) is 0 Å². The summed E-state index contributed by atoms with van der Waals surface area (Å²) < 4.78 is -1.61. The van der Waals surface area contributed by atoms with E-state index in [0.29, 0.717) is 38.9 Å². The number of nitrogens with one attached hydrogen (secondary N) is 13. The molecular weight excluding hydrogens is 1460 g/mol. The number of benzene rings is 4. The van der Waals surface area contributed by atoms with Crippen molar-refractivity contribution in [3.63, 3.8) is 0 Å². The Labute approximate surface area is 642 Å². The van der Waals surface area contributed by atoms with E-state index in [4.69, 9.17) is 34.4 Å². The van der Waals surface area contributed by atoms with E-state index >= 15 is 19.2 Å². The molecule has 26 N–H and O–H groups in total. The van der Waals surface area contributed by atoms with Gasteiger partial charge in [-0.3, -0.25) is 67.5 Å². The molecule has 37 heteroatoms. The van der Waals surface area contributed by atoms with Crippen LogP contribution >= 0.6 is 21.6 Å². The highest BCUT2D eigenvalue weighted by molar-refractivity contribution is 8.77. The van der Waals surface area contributed by atoms with Gasteiger partial charge in [0, 0.05) is 72.6 Å². The Kier molecular flexibility index (Phi) is 32.8. The lowest BCUT2D eigenvalue weighted by Gasteiger charge is -2.35. The van der Waals surface area contributed by atoms with Crippen LogP contribution in [0.5, 0.6) is 5.75 Å². The molecule has 6 aromatic rings. The van der Waals surface area contributed by atoms with Crippen LogP contribution in [0.1, 0.15) is 81.3 Å². The Morgan fingerprint density at radius 3 is 1.85 bits per heavy atom. The summed E-state index contributed by atoms with van der Waals surface area (Å²) >= 11 is 0. The molecule has 10 atom stereocenters. The van der Waals surface area contributed by atoms with E-state index in [-0.39, 0.29) is 94.3 Å². The first-order valence-electron chi connectivity index (χ1n) is 35.5. The van der Waals surface area contributed by atoms with Gasteiger partial charge in [-0.15, -0.1) is 0 Å². The zero-order chi connectivity index (χ0) is 80.0. The molecule has 1 aliphatic heterocycles. The van der Waals surface area contributed by atoms with Crippen molar-refractivity contribution in [2.75, 3.05) is 31.9 Å². The van der Waals surface area contributed by atoms with E-state index < -0.39 is 155 Å². The zero-order valence-electron chi connectivity index (χ0n) is 61.3. The molecular formula is C73H98N22O13S2. The second-order valence-electron chi connectivity index (χ2n) is 27.1. The van der Waals surface area contributed by atoms with Crippen LogP contribution in [0.3, 0.4) is 0 Å². The van der Waals surface area contributed by atoms with Gasteiger partial charge in [-0.25, -0.2) is 4.98 Å². The number of rotatable bonds is 30. The van der Waals surface area contributed by atoms with Crippen molar-refractivity contribution in [3.05, 3.63) is 156 Å². The molecule has 12 amide bonds. The van der Waals surface area contributed by atoms with Crippen molar-refractivity contribution in [3.8, 4) is 5.75 Å². The number of phenols is 1. The molecule has 0 unspecified atom stereocenters. The fraction of sp³-hybridized carbons (Fsp3) is 0.411. The van der Waals surface area contributed by atoms with E-state index in [1.165, 1.54) is 24.7 Å². The maximum atomic E-state index is 15.8. The third kappa shape index (κ3) is 27.5. The van der Waals surface area contributed by atoms with Gasteiger partial charge in [0.1, 0.15) is 60.1 Å². The summed E-state index contributed by atoms with van der Waals surface area (Å²) in [6.07, 6.45) is 3.36. The highest BCUT2D eigenvalue weighted by atomic mass is 33.1. The summed E-state index contributed by atoms with van der Waals surface area (Å²) in [4.78, 5) is 194. The van der Waals surface area contributed by atoms with Crippen LogP contribution in [0.25, 0.3) is 10.9 Å². The van der Waals surface area contributed by atoms with Crippen LogP contribution in [-0.4, -0.2) is 200 Å². The highest BCUT2D eigenvalue weighted by Gasteiger charge is 2.43. The first kappa shape index (κ1) is 85.5. The van der Waals surface area contributed by atoms with Crippen molar-refractivity contribution in [1.29, 1.82) is 0 Å². The average Bonchev–Trinajstić information content (AvgIpc) is 1.53. The maximum absolute atomic E-state index is 15.8. The molecule has 3 heterocycles. The van der Waals surface area contributed by atoms with Gasteiger partial charge in [-0.2, -0.15) is 0 Å². The quantitative estimate of drug-likeness (QED) is 0.00956. The second kappa shape index (κ2) is 42.1. The number of hydrogen-bond donors (Lipinski definition) is 20. The number of fused-ring (bicyclic) bond motifs is 1. The lowest BCUT2D eigenvalue weighted by Crippen LogP contribution is -2.63. The summed E-state index contributed by atoms with van der Waals surface area (Å²) in [5.41, 5.74) is 37.7. The van der Waals surface area contributed by atoms with Crippen molar-refractivity contribution in [1.82, 2.24) is 73.4 Å². The molecule has 2 aromatic heterocycles. The molecule has 0 radical (unpaired) electrons. The van der Waals surface area contributed by atoms with Crippen molar-refractivity contribution < 1.29 is 62.6 Å².